The Bertz CT molecular complexity index is 221. The van der Waals surface area contributed by atoms with Crippen LogP contribution in [0, 0.1) is 0 Å². The van der Waals surface area contributed by atoms with Gasteiger partial charge in [0.25, 0.3) is 0 Å². The molecule has 0 bridgehead atoms. The van der Waals surface area contributed by atoms with Gasteiger partial charge >= 0.3 is 6.95 Å². The Morgan fingerprint density at radius 1 is 1.36 bits per heavy atom. The molecule has 1 fully saturated rings. The van der Waals surface area contributed by atoms with Crippen molar-refractivity contribution >= 4 is 18.2 Å². The van der Waals surface area contributed by atoms with E-state index in [9.17, 15) is 4.57 Å². The predicted octanol–water partition coefficient (Wildman–Crippen LogP) is 1.55. The fourth-order valence-corrected chi connectivity index (χ4v) is 2.53. The standard InChI is InChI=1S/C7H16ClN2O3P/c1-3-12-14(8,11)13-10-6-4-9(2)5-7-10/h3-7H2,1-2H3. The van der Waals surface area contributed by atoms with Gasteiger partial charge in [0.15, 0.2) is 0 Å². The van der Waals surface area contributed by atoms with Crippen molar-refractivity contribution in [2.24, 2.45) is 0 Å². The van der Waals surface area contributed by atoms with Crippen LogP contribution in [0.4, 0.5) is 0 Å². The molecule has 0 radical (unpaired) electrons. The number of hydrogen-bond acceptors (Lipinski definition) is 5. The number of piperazine rings is 1. The van der Waals surface area contributed by atoms with Crippen LogP contribution in [0.5, 0.6) is 0 Å². The van der Waals surface area contributed by atoms with E-state index >= 15 is 0 Å². The van der Waals surface area contributed by atoms with Gasteiger partial charge in [0.05, 0.1) is 6.61 Å². The van der Waals surface area contributed by atoms with Crippen LogP contribution in [0.15, 0.2) is 0 Å². The Kier molecular flexibility index (Phi) is 4.83. The molecule has 1 atom stereocenters. The third kappa shape index (κ3) is 4.26. The second-order valence-corrected chi connectivity index (χ2v) is 5.69. The third-order valence-electron chi connectivity index (χ3n) is 1.96. The molecule has 0 aromatic heterocycles. The molecular formula is C7H16ClN2O3P. The topological polar surface area (TPSA) is 42.0 Å². The molecule has 0 aromatic rings. The van der Waals surface area contributed by atoms with Crippen LogP contribution in [-0.4, -0.2) is 49.8 Å². The summed E-state index contributed by atoms with van der Waals surface area (Å²) in [5.74, 6) is 0. The molecule has 0 amide bonds. The first kappa shape index (κ1) is 12.4. The van der Waals surface area contributed by atoms with E-state index in [1.165, 1.54) is 0 Å². The summed E-state index contributed by atoms with van der Waals surface area (Å²) in [6, 6.07) is 0. The van der Waals surface area contributed by atoms with Crippen molar-refractivity contribution in [2.75, 3.05) is 39.8 Å². The second kappa shape index (κ2) is 5.45. The summed E-state index contributed by atoms with van der Waals surface area (Å²) >= 11 is 5.56. The van der Waals surface area contributed by atoms with Gasteiger partial charge in [0, 0.05) is 37.4 Å². The molecule has 1 unspecified atom stereocenters. The molecule has 0 spiro atoms. The Balaban J connectivity index is 2.33. The smallest absolute Gasteiger partial charge is 0.304 e. The molecule has 7 heteroatoms. The molecule has 1 saturated heterocycles. The lowest BCUT2D eigenvalue weighted by Crippen LogP contribution is -2.43. The van der Waals surface area contributed by atoms with Gasteiger partial charge in [-0.15, -0.1) is 0 Å². The van der Waals surface area contributed by atoms with Gasteiger partial charge in [-0.3, -0.25) is 4.52 Å². The number of nitrogens with zero attached hydrogens (tertiary/aromatic N) is 2. The maximum atomic E-state index is 11.4. The van der Waals surface area contributed by atoms with Crippen molar-refractivity contribution in [3.63, 3.8) is 0 Å². The zero-order valence-corrected chi connectivity index (χ0v) is 10.1. The van der Waals surface area contributed by atoms with E-state index < -0.39 is 6.95 Å². The van der Waals surface area contributed by atoms with Crippen molar-refractivity contribution in [3.05, 3.63) is 0 Å². The largest absolute Gasteiger partial charge is 0.440 e. The number of hydrogen-bond donors (Lipinski definition) is 0. The summed E-state index contributed by atoms with van der Waals surface area (Å²) in [5, 5.41) is 1.60. The summed E-state index contributed by atoms with van der Waals surface area (Å²) in [5.41, 5.74) is 0. The summed E-state index contributed by atoms with van der Waals surface area (Å²) in [6.07, 6.45) is 0. The highest BCUT2D eigenvalue weighted by Crippen LogP contribution is 2.54. The second-order valence-electron chi connectivity index (χ2n) is 3.16. The first-order valence-electron chi connectivity index (χ1n) is 4.61. The molecule has 0 N–H and O–H groups in total. The lowest BCUT2D eigenvalue weighted by atomic mass is 10.4. The van der Waals surface area contributed by atoms with Crippen molar-refractivity contribution in [3.8, 4) is 0 Å². The molecule has 0 aliphatic carbocycles. The van der Waals surface area contributed by atoms with E-state index in [0.29, 0.717) is 13.1 Å². The van der Waals surface area contributed by atoms with Gasteiger partial charge in [0.2, 0.25) is 0 Å². The monoisotopic (exact) mass is 242 g/mol. The van der Waals surface area contributed by atoms with Crippen LogP contribution in [0.1, 0.15) is 6.92 Å². The average molecular weight is 243 g/mol. The molecule has 1 aliphatic heterocycles. The summed E-state index contributed by atoms with van der Waals surface area (Å²) in [7, 11) is 2.03. The zero-order chi connectivity index (χ0) is 10.6. The maximum absolute atomic E-state index is 11.4. The molecule has 5 nitrogen and oxygen atoms in total. The van der Waals surface area contributed by atoms with Crippen molar-refractivity contribution in [1.29, 1.82) is 0 Å². The number of hydroxylamine groups is 2. The Morgan fingerprint density at radius 3 is 2.43 bits per heavy atom. The molecular weight excluding hydrogens is 227 g/mol. The van der Waals surface area contributed by atoms with E-state index in [1.54, 1.807) is 12.0 Å². The molecule has 0 aromatic carbocycles. The first-order valence-corrected chi connectivity index (χ1v) is 7.05. The molecule has 0 saturated carbocycles. The lowest BCUT2D eigenvalue weighted by molar-refractivity contribution is -0.0912. The highest BCUT2D eigenvalue weighted by molar-refractivity contribution is 7.81. The van der Waals surface area contributed by atoms with Crippen LogP contribution in [0.3, 0.4) is 0 Å². The Morgan fingerprint density at radius 2 is 1.93 bits per heavy atom. The molecule has 14 heavy (non-hydrogen) atoms. The minimum Gasteiger partial charge on any atom is -0.304 e. The summed E-state index contributed by atoms with van der Waals surface area (Å²) in [4.78, 5) is 2.17. The van der Waals surface area contributed by atoms with Gasteiger partial charge in [0.1, 0.15) is 0 Å². The van der Waals surface area contributed by atoms with Crippen LogP contribution in [0.2, 0.25) is 0 Å². The minimum atomic E-state index is -3.40. The number of likely N-dealkylation sites (N-methyl/N-ethyl adjacent to an activating group) is 1. The van der Waals surface area contributed by atoms with Gasteiger partial charge in [-0.05, 0) is 14.0 Å². The average Bonchev–Trinajstić information content (AvgIpc) is 2.08. The van der Waals surface area contributed by atoms with Crippen molar-refractivity contribution in [2.45, 2.75) is 6.92 Å². The fraction of sp³-hybridized carbons (Fsp3) is 1.00. The van der Waals surface area contributed by atoms with Gasteiger partial charge in [-0.1, -0.05) is 0 Å². The highest BCUT2D eigenvalue weighted by atomic mass is 35.7. The Labute approximate surface area is 89.2 Å². The van der Waals surface area contributed by atoms with E-state index in [2.05, 4.69) is 4.90 Å². The van der Waals surface area contributed by atoms with Crippen LogP contribution < -0.4 is 0 Å². The van der Waals surface area contributed by atoms with Gasteiger partial charge < -0.3 is 4.90 Å². The van der Waals surface area contributed by atoms with E-state index in [1.807, 2.05) is 7.05 Å². The quantitative estimate of drug-likeness (QED) is 0.700. The first-order chi connectivity index (χ1) is 6.53. The summed E-state index contributed by atoms with van der Waals surface area (Å²) in [6.45, 7) is 1.76. The Hall–Kier alpha value is 0.360. The van der Waals surface area contributed by atoms with Crippen LogP contribution in [0.25, 0.3) is 0 Å². The number of rotatable bonds is 4. The van der Waals surface area contributed by atoms with Gasteiger partial charge in [-0.25, -0.2) is 9.19 Å². The maximum Gasteiger partial charge on any atom is 0.440 e. The van der Waals surface area contributed by atoms with Crippen molar-refractivity contribution in [1.82, 2.24) is 9.96 Å². The fourth-order valence-electron chi connectivity index (χ4n) is 1.19. The van der Waals surface area contributed by atoms with E-state index in [4.69, 9.17) is 20.4 Å². The van der Waals surface area contributed by atoms with Gasteiger partial charge in [-0.2, -0.15) is 5.06 Å². The molecule has 1 heterocycles. The van der Waals surface area contributed by atoms with Crippen LogP contribution in [-0.2, 0) is 13.7 Å². The van der Waals surface area contributed by atoms with E-state index in [-0.39, 0.29) is 6.61 Å². The lowest BCUT2D eigenvalue weighted by Gasteiger charge is -2.31. The minimum absolute atomic E-state index is 0.286. The van der Waals surface area contributed by atoms with Crippen molar-refractivity contribution < 1.29 is 13.7 Å². The van der Waals surface area contributed by atoms with Crippen LogP contribution >= 0.6 is 18.2 Å². The number of halogens is 1. The zero-order valence-electron chi connectivity index (χ0n) is 8.48. The molecule has 84 valence electrons. The third-order valence-corrected chi connectivity index (χ3v) is 3.43. The van der Waals surface area contributed by atoms with E-state index in [0.717, 1.165) is 13.1 Å². The summed E-state index contributed by atoms with van der Waals surface area (Å²) < 4.78 is 21.3. The normalized spacial score (nSPS) is 24.8. The predicted molar refractivity (Wildman–Crippen MR) is 55.2 cm³/mol. The SMILES string of the molecule is CCOP(=O)(Cl)ON1CCN(C)CC1. The molecule has 1 aliphatic rings. The highest BCUT2D eigenvalue weighted by Gasteiger charge is 2.26. The molecule has 1 rings (SSSR count).